The van der Waals surface area contributed by atoms with Crippen molar-refractivity contribution in [1.29, 1.82) is 0 Å². The summed E-state index contributed by atoms with van der Waals surface area (Å²) in [4.78, 5) is 2.44. The van der Waals surface area contributed by atoms with Crippen LogP contribution in [0.2, 0.25) is 0 Å². The Morgan fingerprint density at radius 1 is 1.44 bits per heavy atom. The first kappa shape index (κ1) is 11.9. The average Bonchev–Trinajstić information content (AvgIpc) is 2.78. The molecule has 3 unspecified atom stereocenters. The Labute approximate surface area is 107 Å². The Kier molecular flexibility index (Phi) is 2.99. The van der Waals surface area contributed by atoms with Crippen molar-refractivity contribution in [3.05, 3.63) is 30.1 Å². The van der Waals surface area contributed by atoms with Gasteiger partial charge in [-0.25, -0.2) is 4.39 Å². The van der Waals surface area contributed by atoms with Crippen LogP contribution in [0.15, 0.2) is 24.3 Å². The summed E-state index contributed by atoms with van der Waals surface area (Å²) in [7, 11) is 0. The van der Waals surface area contributed by atoms with E-state index in [1.165, 1.54) is 12.1 Å². The molecule has 0 amide bonds. The number of rotatable bonds is 3. The number of aliphatic hydroxyl groups excluding tert-OH is 1. The Morgan fingerprint density at radius 2 is 2.33 bits per heavy atom. The highest BCUT2D eigenvalue weighted by molar-refractivity contribution is 5.46. The molecule has 4 heteroatoms. The minimum absolute atomic E-state index is 0.113. The molecular formula is C14H19FN2O. The third-order valence-corrected chi connectivity index (χ3v) is 4.43. The van der Waals surface area contributed by atoms with E-state index >= 15 is 0 Å². The largest absolute Gasteiger partial charge is 0.394 e. The number of halogens is 1. The van der Waals surface area contributed by atoms with Crippen LogP contribution in [-0.4, -0.2) is 41.8 Å². The van der Waals surface area contributed by atoms with Gasteiger partial charge in [0.15, 0.2) is 0 Å². The quantitative estimate of drug-likeness (QED) is 0.857. The Balaban J connectivity index is 1.83. The van der Waals surface area contributed by atoms with E-state index in [4.69, 9.17) is 0 Å². The van der Waals surface area contributed by atoms with Crippen molar-refractivity contribution in [3.8, 4) is 0 Å². The first-order chi connectivity index (χ1) is 8.72. The van der Waals surface area contributed by atoms with E-state index in [0.717, 1.165) is 38.2 Å². The second-order valence-electron chi connectivity index (χ2n) is 5.49. The lowest BCUT2D eigenvalue weighted by Crippen LogP contribution is -2.54. The van der Waals surface area contributed by atoms with E-state index in [1.54, 1.807) is 6.07 Å². The standard InChI is InChI=1S/C14H19FN2O/c15-12-2-1-3-13(8-12)16-14(10-18)5-7-17-6-4-11(14)9-17/h1-3,8,11,16,18H,4-7,9-10H2. The fourth-order valence-corrected chi connectivity index (χ4v) is 3.31. The van der Waals surface area contributed by atoms with Gasteiger partial charge in [-0.2, -0.15) is 0 Å². The van der Waals surface area contributed by atoms with Gasteiger partial charge in [0.25, 0.3) is 0 Å². The number of fused-ring (bicyclic) bond motifs is 2. The van der Waals surface area contributed by atoms with Crippen LogP contribution >= 0.6 is 0 Å². The molecule has 0 saturated carbocycles. The molecule has 0 aromatic heterocycles. The van der Waals surface area contributed by atoms with Gasteiger partial charge < -0.3 is 15.3 Å². The molecule has 0 radical (unpaired) electrons. The third kappa shape index (κ3) is 1.99. The zero-order valence-corrected chi connectivity index (χ0v) is 10.4. The van der Waals surface area contributed by atoms with Crippen molar-refractivity contribution in [3.63, 3.8) is 0 Å². The molecule has 2 fully saturated rings. The topological polar surface area (TPSA) is 35.5 Å². The first-order valence-electron chi connectivity index (χ1n) is 6.59. The van der Waals surface area contributed by atoms with Crippen molar-refractivity contribution < 1.29 is 9.50 Å². The van der Waals surface area contributed by atoms with Crippen molar-refractivity contribution in [2.24, 2.45) is 5.92 Å². The molecule has 2 bridgehead atoms. The summed E-state index contributed by atoms with van der Waals surface area (Å²) in [6.07, 6.45) is 2.04. The highest BCUT2D eigenvalue weighted by atomic mass is 19.1. The van der Waals surface area contributed by atoms with Crippen molar-refractivity contribution in [2.75, 3.05) is 31.6 Å². The van der Waals surface area contributed by atoms with E-state index in [-0.39, 0.29) is 18.0 Å². The molecule has 2 heterocycles. The van der Waals surface area contributed by atoms with Crippen LogP contribution in [0, 0.1) is 11.7 Å². The van der Waals surface area contributed by atoms with E-state index in [1.807, 2.05) is 6.07 Å². The molecule has 0 aliphatic carbocycles. The highest BCUT2D eigenvalue weighted by Gasteiger charge is 2.45. The lowest BCUT2D eigenvalue weighted by Gasteiger charge is -2.43. The molecule has 98 valence electrons. The van der Waals surface area contributed by atoms with Crippen LogP contribution in [0.25, 0.3) is 0 Å². The Morgan fingerprint density at radius 3 is 3.11 bits per heavy atom. The van der Waals surface area contributed by atoms with Gasteiger partial charge >= 0.3 is 0 Å². The number of hydrogen-bond donors (Lipinski definition) is 2. The molecule has 3 atom stereocenters. The van der Waals surface area contributed by atoms with Crippen molar-refractivity contribution >= 4 is 5.69 Å². The number of piperidine rings is 1. The number of nitrogens with one attached hydrogen (secondary N) is 1. The first-order valence-corrected chi connectivity index (χ1v) is 6.59. The molecule has 2 aliphatic rings. The van der Waals surface area contributed by atoms with Gasteiger partial charge in [0.1, 0.15) is 5.82 Å². The molecular weight excluding hydrogens is 231 g/mol. The summed E-state index contributed by atoms with van der Waals surface area (Å²) in [5, 5.41) is 13.2. The van der Waals surface area contributed by atoms with Crippen molar-refractivity contribution in [1.82, 2.24) is 4.90 Å². The second-order valence-corrected chi connectivity index (χ2v) is 5.49. The van der Waals surface area contributed by atoms with E-state index in [0.29, 0.717) is 5.92 Å². The monoisotopic (exact) mass is 250 g/mol. The Bertz CT molecular complexity index is 440. The van der Waals surface area contributed by atoms with Gasteiger partial charge in [0.05, 0.1) is 12.1 Å². The van der Waals surface area contributed by atoms with Crippen LogP contribution in [-0.2, 0) is 0 Å². The summed E-state index contributed by atoms with van der Waals surface area (Å²) >= 11 is 0. The zero-order valence-electron chi connectivity index (χ0n) is 10.4. The minimum atomic E-state index is -0.277. The molecule has 18 heavy (non-hydrogen) atoms. The van der Waals surface area contributed by atoms with Gasteiger partial charge in [-0.3, -0.25) is 0 Å². The van der Waals surface area contributed by atoms with Gasteiger partial charge in [-0.1, -0.05) is 6.07 Å². The predicted octanol–water partition coefficient (Wildman–Crippen LogP) is 1.69. The summed E-state index contributed by atoms with van der Waals surface area (Å²) in [5.74, 6) is 0.219. The predicted molar refractivity (Wildman–Crippen MR) is 69.0 cm³/mol. The van der Waals surface area contributed by atoms with E-state index < -0.39 is 0 Å². The maximum absolute atomic E-state index is 13.2. The molecule has 1 aromatic rings. The summed E-state index contributed by atoms with van der Waals surface area (Å²) in [5.41, 5.74) is 0.491. The van der Waals surface area contributed by atoms with Crippen LogP contribution in [0.4, 0.5) is 10.1 Å². The van der Waals surface area contributed by atoms with Crippen LogP contribution in [0.1, 0.15) is 12.8 Å². The fourth-order valence-electron chi connectivity index (χ4n) is 3.31. The summed E-state index contributed by atoms with van der Waals surface area (Å²) < 4.78 is 13.2. The lowest BCUT2D eigenvalue weighted by atomic mass is 9.79. The number of hydrogen-bond acceptors (Lipinski definition) is 3. The van der Waals surface area contributed by atoms with Gasteiger partial charge in [-0.15, -0.1) is 0 Å². The number of aliphatic hydroxyl groups is 1. The van der Waals surface area contributed by atoms with Gasteiger partial charge in [0, 0.05) is 18.8 Å². The van der Waals surface area contributed by atoms with E-state index in [2.05, 4.69) is 10.2 Å². The molecule has 3 nitrogen and oxygen atoms in total. The lowest BCUT2D eigenvalue weighted by molar-refractivity contribution is 0.112. The molecule has 0 spiro atoms. The van der Waals surface area contributed by atoms with Crippen LogP contribution < -0.4 is 5.32 Å². The van der Waals surface area contributed by atoms with Crippen LogP contribution in [0.3, 0.4) is 0 Å². The maximum atomic E-state index is 13.2. The zero-order chi connectivity index (χ0) is 12.6. The SMILES string of the molecule is OCC1(Nc2cccc(F)c2)CCN2CCC1C2. The smallest absolute Gasteiger partial charge is 0.125 e. The number of benzene rings is 1. The molecule has 2 aliphatic heterocycles. The highest BCUT2D eigenvalue weighted by Crippen LogP contribution is 2.37. The minimum Gasteiger partial charge on any atom is -0.394 e. The van der Waals surface area contributed by atoms with Crippen molar-refractivity contribution in [2.45, 2.75) is 18.4 Å². The molecule has 1 aromatic carbocycles. The Hall–Kier alpha value is -1.13. The van der Waals surface area contributed by atoms with E-state index in [9.17, 15) is 9.50 Å². The average molecular weight is 250 g/mol. The summed E-state index contributed by atoms with van der Waals surface area (Å²) in [6.45, 7) is 3.29. The maximum Gasteiger partial charge on any atom is 0.125 e. The third-order valence-electron chi connectivity index (χ3n) is 4.43. The molecule has 3 rings (SSSR count). The number of nitrogens with zero attached hydrogens (tertiary/aromatic N) is 1. The van der Waals surface area contributed by atoms with Crippen LogP contribution in [0.5, 0.6) is 0 Å². The van der Waals surface area contributed by atoms with Gasteiger partial charge in [0.2, 0.25) is 0 Å². The summed E-state index contributed by atoms with van der Waals surface area (Å²) in [6, 6.07) is 6.50. The molecule has 2 saturated heterocycles. The van der Waals surface area contributed by atoms with Gasteiger partial charge in [-0.05, 0) is 43.5 Å². The second kappa shape index (κ2) is 4.52. The normalized spacial score (nSPS) is 34.6. The fraction of sp³-hybridized carbons (Fsp3) is 0.571. The number of anilines is 1. The molecule has 2 N–H and O–H groups in total.